The number of nitrogens with zero attached hydrogens (tertiary/aromatic N) is 1. The molecule has 1 aliphatic carbocycles. The third-order valence-corrected chi connectivity index (χ3v) is 4.82. The Morgan fingerprint density at radius 1 is 1.48 bits per heavy atom. The van der Waals surface area contributed by atoms with E-state index in [0.29, 0.717) is 10.2 Å². The van der Waals surface area contributed by atoms with Crippen LogP contribution in [0.4, 0.5) is 0 Å². The molecule has 3 N–H and O–H groups in total. The smallest absolute Gasteiger partial charge is 0.287 e. The van der Waals surface area contributed by atoms with Crippen LogP contribution in [0.5, 0.6) is 0 Å². The van der Waals surface area contributed by atoms with Crippen molar-refractivity contribution in [2.75, 3.05) is 6.61 Å². The molecule has 6 nitrogen and oxygen atoms in total. The van der Waals surface area contributed by atoms with Gasteiger partial charge in [0, 0.05) is 4.88 Å². The van der Waals surface area contributed by atoms with E-state index in [9.17, 15) is 14.7 Å². The van der Waals surface area contributed by atoms with Crippen LogP contribution >= 0.6 is 11.3 Å². The standard InChI is InChI=1S/C14H17N3O3S/c1-14(2,6-18)17-12(20)10-15-11(19)9-7-4-3-5-8(7)21-13(9)16-10/h18H,3-6H2,1-2H3,(H,17,20)(H,15,16,19). The Morgan fingerprint density at radius 3 is 2.95 bits per heavy atom. The molecule has 0 bridgehead atoms. The summed E-state index contributed by atoms with van der Waals surface area (Å²) in [5.41, 5.74) is 0.0692. The van der Waals surface area contributed by atoms with Crippen LogP contribution in [0.1, 0.15) is 41.3 Å². The van der Waals surface area contributed by atoms with E-state index in [1.807, 2.05) is 0 Å². The molecule has 0 saturated heterocycles. The van der Waals surface area contributed by atoms with E-state index in [1.165, 1.54) is 16.2 Å². The van der Waals surface area contributed by atoms with Crippen LogP contribution in [0.25, 0.3) is 10.2 Å². The summed E-state index contributed by atoms with van der Waals surface area (Å²) in [6, 6.07) is 0. The summed E-state index contributed by atoms with van der Waals surface area (Å²) >= 11 is 1.50. The van der Waals surface area contributed by atoms with E-state index in [0.717, 1.165) is 24.8 Å². The van der Waals surface area contributed by atoms with Gasteiger partial charge >= 0.3 is 0 Å². The number of hydrogen-bond acceptors (Lipinski definition) is 5. The van der Waals surface area contributed by atoms with Crippen molar-refractivity contribution >= 4 is 27.5 Å². The summed E-state index contributed by atoms with van der Waals surface area (Å²) in [5.74, 6) is -0.490. The molecule has 0 saturated carbocycles. The predicted molar refractivity (Wildman–Crippen MR) is 80.9 cm³/mol. The minimum absolute atomic E-state index is 0.00560. The normalized spacial score (nSPS) is 14.4. The topological polar surface area (TPSA) is 95.1 Å². The van der Waals surface area contributed by atoms with Crippen LogP contribution in [-0.4, -0.2) is 33.1 Å². The van der Waals surface area contributed by atoms with Gasteiger partial charge in [-0.25, -0.2) is 4.98 Å². The third-order valence-electron chi connectivity index (χ3n) is 3.64. The number of carbonyl (C=O) groups excluding carboxylic acids is 1. The second kappa shape index (κ2) is 4.92. The lowest BCUT2D eigenvalue weighted by molar-refractivity contribution is 0.0859. The van der Waals surface area contributed by atoms with Crippen LogP contribution in [0.15, 0.2) is 4.79 Å². The molecule has 0 aromatic carbocycles. The Morgan fingerprint density at radius 2 is 2.24 bits per heavy atom. The molecular formula is C14H17N3O3S. The number of aromatic nitrogens is 2. The quantitative estimate of drug-likeness (QED) is 0.787. The summed E-state index contributed by atoms with van der Waals surface area (Å²) in [4.78, 5) is 33.1. The highest BCUT2D eigenvalue weighted by Crippen LogP contribution is 2.34. The zero-order chi connectivity index (χ0) is 15.2. The van der Waals surface area contributed by atoms with Crippen LogP contribution in [0, 0.1) is 0 Å². The minimum atomic E-state index is -0.762. The maximum Gasteiger partial charge on any atom is 0.287 e. The zero-order valence-corrected chi connectivity index (χ0v) is 12.8. The fourth-order valence-electron chi connectivity index (χ4n) is 2.52. The number of carbonyl (C=O) groups is 1. The van der Waals surface area contributed by atoms with Crippen molar-refractivity contribution in [1.82, 2.24) is 15.3 Å². The van der Waals surface area contributed by atoms with Gasteiger partial charge in [0.25, 0.3) is 11.5 Å². The molecule has 3 rings (SSSR count). The van der Waals surface area contributed by atoms with Crippen molar-refractivity contribution in [1.29, 1.82) is 0 Å². The summed E-state index contributed by atoms with van der Waals surface area (Å²) in [5, 5.41) is 12.5. The van der Waals surface area contributed by atoms with E-state index in [1.54, 1.807) is 13.8 Å². The van der Waals surface area contributed by atoms with Gasteiger partial charge in [0.15, 0.2) is 0 Å². The van der Waals surface area contributed by atoms with Crippen molar-refractivity contribution in [2.45, 2.75) is 38.6 Å². The number of hydrogen-bond donors (Lipinski definition) is 3. The van der Waals surface area contributed by atoms with Crippen LogP contribution < -0.4 is 10.9 Å². The fourth-order valence-corrected chi connectivity index (χ4v) is 3.78. The van der Waals surface area contributed by atoms with Gasteiger partial charge in [-0.2, -0.15) is 0 Å². The third kappa shape index (κ3) is 2.47. The highest BCUT2D eigenvalue weighted by atomic mass is 32.1. The Labute approximate surface area is 125 Å². The predicted octanol–water partition coefficient (Wildman–Crippen LogP) is 0.974. The second-order valence-electron chi connectivity index (χ2n) is 5.95. The van der Waals surface area contributed by atoms with Gasteiger partial charge in [-0.1, -0.05) is 0 Å². The molecule has 2 heterocycles. The lowest BCUT2D eigenvalue weighted by Gasteiger charge is -2.22. The van der Waals surface area contributed by atoms with Gasteiger partial charge in [0.05, 0.1) is 17.5 Å². The van der Waals surface area contributed by atoms with Crippen molar-refractivity contribution in [3.8, 4) is 0 Å². The number of fused-ring (bicyclic) bond motifs is 3. The highest BCUT2D eigenvalue weighted by molar-refractivity contribution is 7.18. The van der Waals surface area contributed by atoms with Crippen molar-refractivity contribution < 1.29 is 9.90 Å². The number of thiophene rings is 1. The van der Waals surface area contributed by atoms with Crippen LogP contribution in [0.3, 0.4) is 0 Å². The average Bonchev–Trinajstić information content (AvgIpc) is 2.97. The summed E-state index contributed by atoms with van der Waals surface area (Å²) < 4.78 is 0. The van der Waals surface area contributed by atoms with Crippen molar-refractivity contribution in [3.05, 3.63) is 26.6 Å². The number of amides is 1. The van der Waals surface area contributed by atoms with Crippen molar-refractivity contribution in [2.24, 2.45) is 0 Å². The number of rotatable bonds is 3. The summed E-state index contributed by atoms with van der Waals surface area (Å²) in [7, 11) is 0. The number of H-pyrrole nitrogens is 1. The Hall–Kier alpha value is -1.73. The maximum absolute atomic E-state index is 12.2. The van der Waals surface area contributed by atoms with E-state index in [4.69, 9.17) is 0 Å². The number of nitrogens with one attached hydrogen (secondary N) is 2. The molecule has 2 aromatic rings. The summed E-state index contributed by atoms with van der Waals surface area (Å²) in [6.45, 7) is 3.20. The average molecular weight is 307 g/mol. The number of aromatic amines is 1. The molecule has 112 valence electrons. The lowest BCUT2D eigenvalue weighted by atomic mass is 10.1. The minimum Gasteiger partial charge on any atom is -0.394 e. The Balaban J connectivity index is 2.02. The number of aliphatic hydroxyl groups excluding tert-OH is 1. The van der Waals surface area contributed by atoms with Gasteiger partial charge in [0.1, 0.15) is 4.83 Å². The number of aliphatic hydroxyl groups is 1. The first kappa shape index (κ1) is 14.2. The molecule has 7 heteroatoms. The fraction of sp³-hybridized carbons (Fsp3) is 0.500. The van der Waals surface area contributed by atoms with E-state index >= 15 is 0 Å². The first-order valence-electron chi connectivity index (χ1n) is 6.89. The van der Waals surface area contributed by atoms with Crippen molar-refractivity contribution in [3.63, 3.8) is 0 Å². The van der Waals surface area contributed by atoms with Gasteiger partial charge in [0.2, 0.25) is 5.82 Å². The van der Waals surface area contributed by atoms with Gasteiger partial charge in [-0.05, 0) is 38.7 Å². The molecule has 1 aliphatic rings. The monoisotopic (exact) mass is 307 g/mol. The molecule has 0 atom stereocenters. The Kier molecular flexibility index (Phi) is 3.33. The molecule has 0 spiro atoms. The first-order valence-corrected chi connectivity index (χ1v) is 7.71. The maximum atomic E-state index is 12.2. The molecule has 0 radical (unpaired) electrons. The Bertz CT molecular complexity index is 776. The molecule has 0 fully saturated rings. The van der Waals surface area contributed by atoms with Gasteiger partial charge in [-0.3, -0.25) is 9.59 Å². The molecule has 2 aromatic heterocycles. The SMILES string of the molecule is CC(C)(CO)NC(=O)c1nc2sc3c(c2c(=O)[nH]1)CCC3. The second-order valence-corrected chi connectivity index (χ2v) is 7.03. The summed E-state index contributed by atoms with van der Waals surface area (Å²) in [6.07, 6.45) is 2.96. The molecule has 21 heavy (non-hydrogen) atoms. The van der Waals surface area contributed by atoms with E-state index in [-0.39, 0.29) is 18.0 Å². The van der Waals surface area contributed by atoms with Crippen LogP contribution in [-0.2, 0) is 12.8 Å². The molecule has 0 aliphatic heterocycles. The first-order chi connectivity index (χ1) is 9.91. The largest absolute Gasteiger partial charge is 0.394 e. The molecule has 1 amide bonds. The van der Waals surface area contributed by atoms with Gasteiger partial charge < -0.3 is 15.4 Å². The highest BCUT2D eigenvalue weighted by Gasteiger charge is 2.25. The van der Waals surface area contributed by atoms with Crippen LogP contribution in [0.2, 0.25) is 0 Å². The molecule has 0 unspecified atom stereocenters. The molecular weight excluding hydrogens is 290 g/mol. The van der Waals surface area contributed by atoms with E-state index in [2.05, 4.69) is 15.3 Å². The zero-order valence-electron chi connectivity index (χ0n) is 11.9. The number of aryl methyl sites for hydroxylation is 2. The lowest BCUT2D eigenvalue weighted by Crippen LogP contribution is -2.47. The van der Waals surface area contributed by atoms with Gasteiger partial charge in [-0.15, -0.1) is 11.3 Å². The van der Waals surface area contributed by atoms with E-state index < -0.39 is 11.4 Å².